The Kier molecular flexibility index (Phi) is 5.77. The zero-order valence-electron chi connectivity index (χ0n) is 16.6. The van der Waals surface area contributed by atoms with Gasteiger partial charge in [0, 0.05) is 16.6 Å². The van der Waals surface area contributed by atoms with Crippen molar-refractivity contribution < 1.29 is 14.3 Å². The summed E-state index contributed by atoms with van der Waals surface area (Å²) in [6.45, 7) is 0. The Labute approximate surface area is 178 Å². The monoisotopic (exact) mass is 416 g/mol. The number of nitrogens with one attached hydrogen (secondary N) is 1. The standard InChI is InChI=1S/C24H20N2O3S/c1-28-21-12-10-17(11-13-21)16-6-8-18(9-7-16)22-15-30-24(26-22)25-20-5-3-4-19(14-20)23(27)29-2/h3-15H,1-2H3,(H,25,26). The van der Waals surface area contributed by atoms with Crippen molar-refractivity contribution >= 4 is 28.1 Å². The summed E-state index contributed by atoms with van der Waals surface area (Å²) >= 11 is 1.51. The fourth-order valence-corrected chi connectivity index (χ4v) is 3.79. The van der Waals surface area contributed by atoms with Gasteiger partial charge in [-0.25, -0.2) is 9.78 Å². The summed E-state index contributed by atoms with van der Waals surface area (Å²) in [7, 11) is 3.03. The second-order valence-corrected chi connectivity index (χ2v) is 7.40. The normalized spacial score (nSPS) is 10.5. The SMILES string of the molecule is COC(=O)c1cccc(Nc2nc(-c3ccc(-c4ccc(OC)cc4)cc3)cs2)c1. The summed E-state index contributed by atoms with van der Waals surface area (Å²) in [5.74, 6) is 0.477. The first-order valence-corrected chi connectivity index (χ1v) is 10.2. The number of hydrogen-bond acceptors (Lipinski definition) is 6. The number of nitrogens with zero attached hydrogens (tertiary/aromatic N) is 1. The van der Waals surface area contributed by atoms with Gasteiger partial charge in [-0.1, -0.05) is 42.5 Å². The van der Waals surface area contributed by atoms with E-state index in [4.69, 9.17) is 9.47 Å². The van der Waals surface area contributed by atoms with Crippen molar-refractivity contribution in [3.05, 3.63) is 83.7 Å². The maximum absolute atomic E-state index is 11.7. The van der Waals surface area contributed by atoms with Crippen LogP contribution >= 0.6 is 11.3 Å². The van der Waals surface area contributed by atoms with E-state index >= 15 is 0 Å². The van der Waals surface area contributed by atoms with Gasteiger partial charge >= 0.3 is 5.97 Å². The predicted molar refractivity (Wildman–Crippen MR) is 121 cm³/mol. The lowest BCUT2D eigenvalue weighted by Gasteiger charge is -2.05. The molecule has 1 heterocycles. The molecule has 4 aromatic rings. The maximum atomic E-state index is 11.7. The zero-order valence-corrected chi connectivity index (χ0v) is 17.4. The Morgan fingerprint density at radius 2 is 1.57 bits per heavy atom. The molecule has 3 aromatic carbocycles. The largest absolute Gasteiger partial charge is 0.497 e. The van der Waals surface area contributed by atoms with Crippen LogP contribution in [-0.2, 0) is 4.74 Å². The number of esters is 1. The molecule has 0 aliphatic heterocycles. The highest BCUT2D eigenvalue weighted by Crippen LogP contribution is 2.30. The molecule has 0 fully saturated rings. The van der Waals surface area contributed by atoms with Crippen LogP contribution in [0.25, 0.3) is 22.4 Å². The highest BCUT2D eigenvalue weighted by Gasteiger charge is 2.09. The smallest absolute Gasteiger partial charge is 0.337 e. The van der Waals surface area contributed by atoms with Gasteiger partial charge in [-0.05, 0) is 41.5 Å². The Hall–Kier alpha value is -3.64. The summed E-state index contributed by atoms with van der Waals surface area (Å²) in [5, 5.41) is 6.01. The van der Waals surface area contributed by atoms with E-state index in [1.807, 2.05) is 35.7 Å². The van der Waals surface area contributed by atoms with Gasteiger partial charge in [-0.3, -0.25) is 0 Å². The molecule has 0 atom stereocenters. The van der Waals surface area contributed by atoms with Gasteiger partial charge in [0.05, 0.1) is 25.5 Å². The average Bonchev–Trinajstić information content (AvgIpc) is 3.27. The zero-order chi connectivity index (χ0) is 20.9. The third-order valence-corrected chi connectivity index (χ3v) is 5.40. The summed E-state index contributed by atoms with van der Waals surface area (Å²) in [6.07, 6.45) is 0. The van der Waals surface area contributed by atoms with E-state index in [2.05, 4.69) is 34.6 Å². The highest BCUT2D eigenvalue weighted by molar-refractivity contribution is 7.14. The summed E-state index contributed by atoms with van der Waals surface area (Å²) in [5.41, 5.74) is 5.48. The van der Waals surface area contributed by atoms with Crippen LogP contribution in [0, 0.1) is 0 Å². The molecule has 0 saturated carbocycles. The molecule has 150 valence electrons. The second kappa shape index (κ2) is 8.80. The molecule has 0 radical (unpaired) electrons. The average molecular weight is 417 g/mol. The van der Waals surface area contributed by atoms with Crippen molar-refractivity contribution in [1.82, 2.24) is 4.98 Å². The summed E-state index contributed by atoms with van der Waals surface area (Å²) in [6, 6.07) is 23.5. The Bertz CT molecular complexity index is 1150. The lowest BCUT2D eigenvalue weighted by Crippen LogP contribution is -2.01. The molecule has 5 nitrogen and oxygen atoms in total. The van der Waals surface area contributed by atoms with E-state index in [9.17, 15) is 4.79 Å². The van der Waals surface area contributed by atoms with Crippen molar-refractivity contribution in [1.29, 1.82) is 0 Å². The van der Waals surface area contributed by atoms with E-state index in [1.165, 1.54) is 18.4 Å². The third kappa shape index (κ3) is 4.34. The number of hydrogen-bond donors (Lipinski definition) is 1. The predicted octanol–water partition coefficient (Wildman–Crippen LogP) is 6.02. The maximum Gasteiger partial charge on any atom is 0.337 e. The molecule has 0 unspecified atom stereocenters. The molecule has 0 aliphatic carbocycles. The summed E-state index contributed by atoms with van der Waals surface area (Å²) < 4.78 is 9.99. The number of anilines is 2. The van der Waals surface area contributed by atoms with Gasteiger partial charge in [-0.2, -0.15) is 0 Å². The molecular formula is C24H20N2O3S. The van der Waals surface area contributed by atoms with Crippen molar-refractivity contribution in [2.75, 3.05) is 19.5 Å². The minimum absolute atomic E-state index is 0.365. The van der Waals surface area contributed by atoms with E-state index in [0.717, 1.165) is 39.0 Å². The summed E-state index contributed by atoms with van der Waals surface area (Å²) in [4.78, 5) is 16.4. The molecule has 30 heavy (non-hydrogen) atoms. The Morgan fingerprint density at radius 1 is 0.900 bits per heavy atom. The van der Waals surface area contributed by atoms with Gasteiger partial charge in [0.1, 0.15) is 5.75 Å². The fourth-order valence-electron chi connectivity index (χ4n) is 3.05. The van der Waals surface area contributed by atoms with Crippen LogP contribution in [0.1, 0.15) is 10.4 Å². The van der Waals surface area contributed by atoms with Crippen molar-refractivity contribution in [3.63, 3.8) is 0 Å². The minimum Gasteiger partial charge on any atom is -0.497 e. The molecule has 6 heteroatoms. The first-order chi connectivity index (χ1) is 14.7. The number of thiazole rings is 1. The van der Waals surface area contributed by atoms with Gasteiger partial charge in [0.25, 0.3) is 0 Å². The number of methoxy groups -OCH3 is 2. The van der Waals surface area contributed by atoms with E-state index in [0.29, 0.717) is 5.56 Å². The molecule has 0 spiro atoms. The van der Waals surface area contributed by atoms with Gasteiger partial charge < -0.3 is 14.8 Å². The van der Waals surface area contributed by atoms with E-state index in [-0.39, 0.29) is 5.97 Å². The van der Waals surface area contributed by atoms with Crippen molar-refractivity contribution in [2.24, 2.45) is 0 Å². The lowest BCUT2D eigenvalue weighted by molar-refractivity contribution is 0.0601. The molecular weight excluding hydrogens is 396 g/mol. The second-order valence-electron chi connectivity index (χ2n) is 6.54. The molecule has 1 aromatic heterocycles. The number of ether oxygens (including phenoxy) is 2. The van der Waals surface area contributed by atoms with Crippen LogP contribution in [-0.4, -0.2) is 25.2 Å². The fraction of sp³-hybridized carbons (Fsp3) is 0.0833. The van der Waals surface area contributed by atoms with Crippen molar-refractivity contribution in [3.8, 4) is 28.1 Å². The molecule has 1 N–H and O–H groups in total. The Morgan fingerprint density at radius 3 is 2.23 bits per heavy atom. The van der Waals surface area contributed by atoms with Crippen LogP contribution in [0.3, 0.4) is 0 Å². The lowest BCUT2D eigenvalue weighted by atomic mass is 10.0. The van der Waals surface area contributed by atoms with Gasteiger partial charge in [-0.15, -0.1) is 11.3 Å². The topological polar surface area (TPSA) is 60.5 Å². The molecule has 0 aliphatic rings. The van der Waals surface area contributed by atoms with E-state index in [1.54, 1.807) is 25.3 Å². The molecule has 0 bridgehead atoms. The van der Waals surface area contributed by atoms with Crippen LogP contribution in [0.5, 0.6) is 5.75 Å². The van der Waals surface area contributed by atoms with Crippen LogP contribution < -0.4 is 10.1 Å². The van der Waals surface area contributed by atoms with Crippen LogP contribution in [0.2, 0.25) is 0 Å². The highest BCUT2D eigenvalue weighted by atomic mass is 32.1. The number of benzene rings is 3. The van der Waals surface area contributed by atoms with E-state index < -0.39 is 0 Å². The first kappa shape index (κ1) is 19.7. The Balaban J connectivity index is 1.49. The van der Waals surface area contributed by atoms with Crippen LogP contribution in [0.4, 0.5) is 10.8 Å². The molecule has 4 rings (SSSR count). The van der Waals surface area contributed by atoms with Gasteiger partial charge in [0.2, 0.25) is 0 Å². The third-order valence-electron chi connectivity index (χ3n) is 4.64. The number of aromatic nitrogens is 1. The quantitative estimate of drug-likeness (QED) is 0.390. The number of rotatable bonds is 6. The minimum atomic E-state index is -0.365. The first-order valence-electron chi connectivity index (χ1n) is 9.32. The van der Waals surface area contributed by atoms with Gasteiger partial charge in [0.15, 0.2) is 5.13 Å². The molecule has 0 saturated heterocycles. The van der Waals surface area contributed by atoms with Crippen LogP contribution in [0.15, 0.2) is 78.2 Å². The number of carbonyl (C=O) groups excluding carboxylic acids is 1. The molecule has 0 amide bonds. The number of carbonyl (C=O) groups is 1. The van der Waals surface area contributed by atoms with Crippen molar-refractivity contribution in [2.45, 2.75) is 0 Å².